The van der Waals surface area contributed by atoms with Crippen LogP contribution in [0.25, 0.3) is 0 Å². The van der Waals surface area contributed by atoms with Gasteiger partial charge in [-0.25, -0.2) is 4.99 Å². The molecule has 1 rings (SSSR count). The number of carbonyl (C=O) groups excluding carboxylic acids is 2. The summed E-state index contributed by atoms with van der Waals surface area (Å²) in [6.07, 6.45) is 6.66. The van der Waals surface area contributed by atoms with E-state index in [0.717, 1.165) is 11.9 Å². The number of rotatable bonds is 4. The maximum atomic E-state index is 12.4. The summed E-state index contributed by atoms with van der Waals surface area (Å²) >= 11 is 0. The van der Waals surface area contributed by atoms with E-state index < -0.39 is 5.91 Å². The first kappa shape index (κ1) is 19.6. The zero-order valence-corrected chi connectivity index (χ0v) is 14.8. The van der Waals surface area contributed by atoms with E-state index in [0.29, 0.717) is 0 Å². The molecule has 4 N–H and O–H groups in total. The molecule has 0 aromatic rings. The SMILES string of the molecule is CC1C=C(C(C(=O)N(C)C)N(C)C)C=CC1N=C(N=CN)C(N)=O. The largest absolute Gasteiger partial charge is 0.390 e. The second kappa shape index (κ2) is 8.39. The van der Waals surface area contributed by atoms with Gasteiger partial charge in [0.05, 0.1) is 12.4 Å². The molecule has 0 fully saturated rings. The third kappa shape index (κ3) is 4.76. The smallest absolute Gasteiger partial charge is 0.286 e. The van der Waals surface area contributed by atoms with Crippen molar-refractivity contribution in [2.75, 3.05) is 28.2 Å². The molecule has 0 aromatic heterocycles. The van der Waals surface area contributed by atoms with Crippen molar-refractivity contribution in [3.8, 4) is 0 Å². The highest BCUT2D eigenvalue weighted by atomic mass is 16.2. The minimum Gasteiger partial charge on any atom is -0.390 e. The van der Waals surface area contributed by atoms with Gasteiger partial charge in [-0.05, 0) is 19.7 Å². The Morgan fingerprint density at radius 1 is 1.29 bits per heavy atom. The number of amidine groups is 1. The third-order valence-corrected chi connectivity index (χ3v) is 3.68. The molecule has 132 valence electrons. The number of nitrogens with two attached hydrogens (primary N) is 2. The molecule has 0 bridgehead atoms. The van der Waals surface area contributed by atoms with Crippen molar-refractivity contribution in [2.45, 2.75) is 19.0 Å². The summed E-state index contributed by atoms with van der Waals surface area (Å²) in [5.41, 5.74) is 11.3. The fraction of sp³-hybridized carbons (Fsp3) is 0.500. The van der Waals surface area contributed by atoms with Crippen LogP contribution in [0, 0.1) is 5.92 Å². The average molecular weight is 334 g/mol. The molecule has 3 unspecified atom stereocenters. The van der Waals surface area contributed by atoms with Crippen molar-refractivity contribution in [2.24, 2.45) is 27.4 Å². The standard InChI is InChI=1S/C16H26N6O2/c1-10-8-11(13(21(2)3)16(24)22(4)5)6-7-12(10)20-15(14(18)23)19-9-17/h6-10,12-13H,1-5H3,(H2,18,23)(H2,17,19,20). The van der Waals surface area contributed by atoms with Crippen molar-refractivity contribution in [3.05, 3.63) is 23.8 Å². The Kier molecular flexibility index (Phi) is 6.84. The van der Waals surface area contributed by atoms with Crippen LogP contribution in [0.3, 0.4) is 0 Å². The summed E-state index contributed by atoms with van der Waals surface area (Å²) in [6.45, 7) is 1.95. The highest BCUT2D eigenvalue weighted by Gasteiger charge is 2.28. The molecule has 8 heteroatoms. The zero-order valence-electron chi connectivity index (χ0n) is 14.8. The number of aliphatic imine (C=N–C) groups is 2. The number of carbonyl (C=O) groups is 2. The van der Waals surface area contributed by atoms with Gasteiger partial charge in [-0.15, -0.1) is 0 Å². The molecule has 2 amide bonds. The summed E-state index contributed by atoms with van der Waals surface area (Å²) in [5, 5.41) is 0. The van der Waals surface area contributed by atoms with E-state index in [1.807, 2.05) is 44.1 Å². The Morgan fingerprint density at radius 2 is 1.92 bits per heavy atom. The van der Waals surface area contributed by atoms with E-state index in [1.54, 1.807) is 19.0 Å². The molecule has 0 aromatic carbocycles. The Balaban J connectivity index is 3.08. The lowest BCUT2D eigenvalue weighted by molar-refractivity contribution is -0.132. The summed E-state index contributed by atoms with van der Waals surface area (Å²) in [6, 6.07) is -0.668. The first-order valence-corrected chi connectivity index (χ1v) is 7.58. The van der Waals surface area contributed by atoms with Crippen LogP contribution in [-0.4, -0.2) is 74.1 Å². The normalized spacial score (nSPS) is 22.6. The van der Waals surface area contributed by atoms with Gasteiger partial charge in [0.1, 0.15) is 6.04 Å². The van der Waals surface area contributed by atoms with Crippen LogP contribution in [0.5, 0.6) is 0 Å². The lowest BCUT2D eigenvalue weighted by Gasteiger charge is -2.30. The number of amides is 2. The molecule has 1 aliphatic rings. The lowest BCUT2D eigenvalue weighted by atomic mass is 9.89. The molecular weight excluding hydrogens is 308 g/mol. The first-order valence-electron chi connectivity index (χ1n) is 7.58. The van der Waals surface area contributed by atoms with Crippen molar-refractivity contribution in [1.29, 1.82) is 0 Å². The fourth-order valence-corrected chi connectivity index (χ4v) is 2.46. The Labute approximate surface area is 142 Å². The van der Waals surface area contributed by atoms with E-state index in [4.69, 9.17) is 11.5 Å². The molecule has 3 atom stereocenters. The predicted octanol–water partition coefficient (Wildman–Crippen LogP) is -0.623. The number of nitrogens with zero attached hydrogens (tertiary/aromatic N) is 4. The average Bonchev–Trinajstić information content (AvgIpc) is 2.48. The first-order chi connectivity index (χ1) is 11.2. The van der Waals surface area contributed by atoms with E-state index in [-0.39, 0.29) is 29.7 Å². The highest BCUT2D eigenvalue weighted by molar-refractivity contribution is 6.38. The Hall–Kier alpha value is -2.48. The quantitative estimate of drug-likeness (QED) is 0.526. The summed E-state index contributed by atoms with van der Waals surface area (Å²) in [7, 11) is 7.17. The van der Waals surface area contributed by atoms with Crippen molar-refractivity contribution in [1.82, 2.24) is 9.80 Å². The molecule has 1 aliphatic carbocycles. The molecule has 0 saturated carbocycles. The molecular formula is C16H26N6O2. The maximum Gasteiger partial charge on any atom is 0.286 e. The van der Waals surface area contributed by atoms with Crippen molar-refractivity contribution in [3.63, 3.8) is 0 Å². The number of hydrogen-bond acceptors (Lipinski definition) is 4. The molecule has 8 nitrogen and oxygen atoms in total. The minimum absolute atomic E-state index is 0.00407. The van der Waals surface area contributed by atoms with Crippen LogP contribution in [0.4, 0.5) is 0 Å². The summed E-state index contributed by atoms with van der Waals surface area (Å²) in [4.78, 5) is 35.1. The molecule has 24 heavy (non-hydrogen) atoms. The summed E-state index contributed by atoms with van der Waals surface area (Å²) < 4.78 is 0. The van der Waals surface area contributed by atoms with Crippen LogP contribution in [-0.2, 0) is 9.59 Å². The van der Waals surface area contributed by atoms with Gasteiger partial charge in [0, 0.05) is 20.0 Å². The van der Waals surface area contributed by atoms with E-state index in [2.05, 4.69) is 9.98 Å². The molecule has 0 heterocycles. The van der Waals surface area contributed by atoms with Crippen LogP contribution < -0.4 is 11.5 Å². The van der Waals surface area contributed by atoms with Crippen LogP contribution in [0.15, 0.2) is 33.8 Å². The second-order valence-corrected chi connectivity index (χ2v) is 6.07. The maximum absolute atomic E-state index is 12.4. The molecule has 0 spiro atoms. The van der Waals surface area contributed by atoms with Crippen LogP contribution in [0.2, 0.25) is 0 Å². The zero-order chi connectivity index (χ0) is 18.4. The van der Waals surface area contributed by atoms with Gasteiger partial charge in [0.15, 0.2) is 0 Å². The van der Waals surface area contributed by atoms with Gasteiger partial charge in [-0.1, -0.05) is 25.2 Å². The summed E-state index contributed by atoms with van der Waals surface area (Å²) in [5.74, 6) is -0.884. The second-order valence-electron chi connectivity index (χ2n) is 6.07. The van der Waals surface area contributed by atoms with E-state index in [9.17, 15) is 9.59 Å². The third-order valence-electron chi connectivity index (χ3n) is 3.68. The van der Waals surface area contributed by atoms with Crippen LogP contribution >= 0.6 is 0 Å². The van der Waals surface area contributed by atoms with E-state index >= 15 is 0 Å². The highest BCUT2D eigenvalue weighted by Crippen LogP contribution is 2.24. The molecule has 0 radical (unpaired) electrons. The van der Waals surface area contributed by atoms with Gasteiger partial charge >= 0.3 is 0 Å². The molecule has 0 aliphatic heterocycles. The number of primary amides is 1. The van der Waals surface area contributed by atoms with Gasteiger partial charge in [-0.2, -0.15) is 0 Å². The fourth-order valence-electron chi connectivity index (χ4n) is 2.46. The van der Waals surface area contributed by atoms with Crippen LogP contribution in [0.1, 0.15) is 6.92 Å². The lowest BCUT2D eigenvalue weighted by Crippen LogP contribution is -2.44. The van der Waals surface area contributed by atoms with Crippen molar-refractivity contribution >= 4 is 24.0 Å². The van der Waals surface area contributed by atoms with Crippen molar-refractivity contribution < 1.29 is 9.59 Å². The van der Waals surface area contributed by atoms with Gasteiger partial charge < -0.3 is 16.4 Å². The van der Waals surface area contributed by atoms with E-state index in [1.165, 1.54) is 0 Å². The van der Waals surface area contributed by atoms with Gasteiger partial charge in [-0.3, -0.25) is 19.5 Å². The topological polar surface area (TPSA) is 117 Å². The van der Waals surface area contributed by atoms with Gasteiger partial charge in [0.2, 0.25) is 11.7 Å². The molecule has 0 saturated heterocycles. The monoisotopic (exact) mass is 334 g/mol. The Bertz CT molecular complexity index is 604. The Morgan fingerprint density at radius 3 is 2.33 bits per heavy atom. The predicted molar refractivity (Wildman–Crippen MR) is 95.7 cm³/mol. The van der Waals surface area contributed by atoms with Gasteiger partial charge in [0.25, 0.3) is 5.91 Å². The minimum atomic E-state index is -0.735. The number of likely N-dealkylation sites (N-methyl/N-ethyl adjacent to an activating group) is 2. The number of hydrogen-bond donors (Lipinski definition) is 2.